The van der Waals surface area contributed by atoms with E-state index in [2.05, 4.69) is 0 Å². The van der Waals surface area contributed by atoms with Crippen LogP contribution in [0.5, 0.6) is 5.75 Å². The predicted octanol–water partition coefficient (Wildman–Crippen LogP) is 0.119. The zero-order valence-corrected chi connectivity index (χ0v) is 8.95. The monoisotopic (exact) mass is 296 g/mol. The average Bonchev–Trinajstić information content (AvgIpc) is 2.03. The third-order valence-corrected chi connectivity index (χ3v) is 2.48. The largest absolute Gasteiger partial charge is 0.494 e. The molecule has 0 fully saturated rings. The van der Waals surface area contributed by atoms with Crippen molar-refractivity contribution in [2.24, 2.45) is 0 Å². The third-order valence-electron chi connectivity index (χ3n) is 1.55. The molecule has 13 heavy (non-hydrogen) atoms. The van der Waals surface area contributed by atoms with Gasteiger partial charge in [0, 0.05) is 3.57 Å². The van der Waals surface area contributed by atoms with Crippen LogP contribution in [-0.4, -0.2) is 24.3 Å². The first-order valence-corrected chi connectivity index (χ1v) is 4.53. The molecule has 3 nitrogen and oxygen atoms in total. The Morgan fingerprint density at radius 3 is 2.54 bits per heavy atom. The van der Waals surface area contributed by atoms with Crippen molar-refractivity contribution in [1.29, 1.82) is 0 Å². The van der Waals surface area contributed by atoms with E-state index in [0.29, 0.717) is 3.57 Å². The van der Waals surface area contributed by atoms with Gasteiger partial charge in [0.2, 0.25) is 0 Å². The molecule has 0 aliphatic carbocycles. The summed E-state index contributed by atoms with van der Waals surface area (Å²) in [6, 6.07) is 2.45. The molecule has 1 aromatic carbocycles. The molecule has 0 saturated heterocycles. The second-order valence-corrected chi connectivity index (χ2v) is 3.54. The van der Waals surface area contributed by atoms with E-state index in [-0.39, 0.29) is 11.2 Å². The Morgan fingerprint density at radius 2 is 2.08 bits per heavy atom. The van der Waals surface area contributed by atoms with Gasteiger partial charge < -0.3 is 14.8 Å². The van der Waals surface area contributed by atoms with Crippen LogP contribution in [0.2, 0.25) is 0 Å². The lowest BCUT2D eigenvalue weighted by atomic mass is 9.80. The van der Waals surface area contributed by atoms with Crippen LogP contribution in [0.4, 0.5) is 4.39 Å². The van der Waals surface area contributed by atoms with Gasteiger partial charge in [-0.1, -0.05) is 0 Å². The Bertz CT molecular complexity index is 319. The van der Waals surface area contributed by atoms with Crippen molar-refractivity contribution in [2.45, 2.75) is 0 Å². The van der Waals surface area contributed by atoms with Crippen LogP contribution in [0.15, 0.2) is 12.1 Å². The third kappa shape index (κ3) is 2.32. The molecule has 0 bridgehead atoms. The van der Waals surface area contributed by atoms with Crippen LogP contribution < -0.4 is 10.2 Å². The zero-order chi connectivity index (χ0) is 10.0. The molecule has 2 N–H and O–H groups in total. The molecule has 0 amide bonds. The highest BCUT2D eigenvalue weighted by Gasteiger charge is 2.18. The fourth-order valence-electron chi connectivity index (χ4n) is 0.899. The van der Waals surface area contributed by atoms with Gasteiger partial charge in [0.05, 0.1) is 7.11 Å². The van der Waals surface area contributed by atoms with Crippen molar-refractivity contribution in [1.82, 2.24) is 0 Å². The first kappa shape index (κ1) is 10.7. The summed E-state index contributed by atoms with van der Waals surface area (Å²) in [7, 11) is -0.292. The molecule has 70 valence electrons. The highest BCUT2D eigenvalue weighted by Crippen LogP contribution is 2.17. The average molecular weight is 296 g/mol. The van der Waals surface area contributed by atoms with Gasteiger partial charge in [-0.15, -0.1) is 0 Å². The topological polar surface area (TPSA) is 49.7 Å². The molecule has 0 unspecified atom stereocenters. The molecular formula is C7H7BFIO3. The second-order valence-electron chi connectivity index (χ2n) is 2.38. The maximum Gasteiger partial charge on any atom is 0.489 e. The first-order chi connectivity index (χ1) is 6.06. The van der Waals surface area contributed by atoms with Crippen molar-refractivity contribution >= 4 is 35.2 Å². The maximum atomic E-state index is 13.0. The van der Waals surface area contributed by atoms with Gasteiger partial charge in [-0.25, -0.2) is 4.39 Å². The van der Waals surface area contributed by atoms with Crippen molar-refractivity contribution in [3.63, 3.8) is 0 Å². The molecule has 0 saturated carbocycles. The van der Waals surface area contributed by atoms with Crippen LogP contribution in [0.1, 0.15) is 0 Å². The zero-order valence-electron chi connectivity index (χ0n) is 6.79. The van der Waals surface area contributed by atoms with Gasteiger partial charge >= 0.3 is 7.12 Å². The smallest absolute Gasteiger partial charge is 0.489 e. The van der Waals surface area contributed by atoms with Gasteiger partial charge in [0.1, 0.15) is 0 Å². The van der Waals surface area contributed by atoms with Crippen LogP contribution in [0.3, 0.4) is 0 Å². The summed E-state index contributed by atoms with van der Waals surface area (Å²) in [5.74, 6) is -0.514. The summed E-state index contributed by atoms with van der Waals surface area (Å²) < 4.78 is 18.1. The van der Waals surface area contributed by atoms with Crippen LogP contribution in [0, 0.1) is 9.39 Å². The Hall–Kier alpha value is -0.335. The Morgan fingerprint density at radius 1 is 1.46 bits per heavy atom. The number of hydrogen-bond acceptors (Lipinski definition) is 3. The van der Waals surface area contributed by atoms with E-state index in [4.69, 9.17) is 14.8 Å². The normalized spacial score (nSPS) is 9.92. The Labute approximate surface area is 88.8 Å². The van der Waals surface area contributed by atoms with Gasteiger partial charge in [-0.3, -0.25) is 0 Å². The van der Waals surface area contributed by atoms with Crippen LogP contribution in [0.25, 0.3) is 0 Å². The lowest BCUT2D eigenvalue weighted by molar-refractivity contribution is 0.385. The van der Waals surface area contributed by atoms with Crippen molar-refractivity contribution in [3.8, 4) is 5.75 Å². The van der Waals surface area contributed by atoms with Gasteiger partial charge in [-0.2, -0.15) is 0 Å². The number of rotatable bonds is 2. The van der Waals surface area contributed by atoms with E-state index in [1.165, 1.54) is 19.2 Å². The number of benzene rings is 1. The minimum atomic E-state index is -1.61. The Balaban J connectivity index is 3.22. The number of hydrogen-bond donors (Lipinski definition) is 2. The van der Waals surface area contributed by atoms with Gasteiger partial charge in [-0.05, 0) is 40.2 Å². The minimum absolute atomic E-state index is 0.00326. The van der Waals surface area contributed by atoms with E-state index in [1.54, 1.807) is 0 Å². The molecule has 0 aliphatic rings. The fourth-order valence-corrected chi connectivity index (χ4v) is 1.61. The standard InChI is InChI=1S/C7H7BFIO3/c1-13-7-2-4(8(11)12)6(10)3-5(7)9/h2-3,11-12H,1H3. The van der Waals surface area contributed by atoms with E-state index in [9.17, 15) is 4.39 Å². The van der Waals surface area contributed by atoms with Crippen molar-refractivity contribution < 1.29 is 19.2 Å². The van der Waals surface area contributed by atoms with Gasteiger partial charge in [0.25, 0.3) is 0 Å². The van der Waals surface area contributed by atoms with Crippen molar-refractivity contribution in [3.05, 3.63) is 21.5 Å². The number of halogens is 2. The Kier molecular flexibility index (Phi) is 3.51. The molecule has 0 aromatic heterocycles. The van der Waals surface area contributed by atoms with E-state index < -0.39 is 12.9 Å². The molecule has 0 radical (unpaired) electrons. The summed E-state index contributed by atoms with van der Waals surface area (Å²) in [6.45, 7) is 0. The van der Waals surface area contributed by atoms with E-state index >= 15 is 0 Å². The van der Waals surface area contributed by atoms with E-state index in [1.807, 2.05) is 22.6 Å². The molecule has 1 aromatic rings. The van der Waals surface area contributed by atoms with Crippen LogP contribution in [-0.2, 0) is 0 Å². The predicted molar refractivity (Wildman–Crippen MR) is 55.5 cm³/mol. The summed E-state index contributed by atoms with van der Waals surface area (Å²) in [4.78, 5) is 0. The lowest BCUT2D eigenvalue weighted by Gasteiger charge is -2.07. The molecule has 0 aliphatic heterocycles. The first-order valence-electron chi connectivity index (χ1n) is 3.45. The molecule has 6 heteroatoms. The van der Waals surface area contributed by atoms with Crippen molar-refractivity contribution in [2.75, 3.05) is 7.11 Å². The summed E-state index contributed by atoms with van der Waals surface area (Å²) in [5, 5.41) is 17.8. The summed E-state index contributed by atoms with van der Waals surface area (Å²) in [5.41, 5.74) is 0.235. The number of ether oxygens (including phenoxy) is 1. The van der Waals surface area contributed by atoms with Crippen LogP contribution >= 0.6 is 22.6 Å². The highest BCUT2D eigenvalue weighted by molar-refractivity contribution is 14.1. The fraction of sp³-hybridized carbons (Fsp3) is 0.143. The van der Waals surface area contributed by atoms with Gasteiger partial charge in [0.15, 0.2) is 11.6 Å². The lowest BCUT2D eigenvalue weighted by Crippen LogP contribution is -2.32. The quantitative estimate of drug-likeness (QED) is 0.602. The second kappa shape index (κ2) is 4.25. The molecular weight excluding hydrogens is 289 g/mol. The molecule has 1 rings (SSSR count). The number of methoxy groups -OCH3 is 1. The molecule has 0 atom stereocenters. The molecule has 0 spiro atoms. The summed E-state index contributed by atoms with van der Waals surface area (Å²) in [6.07, 6.45) is 0. The van der Waals surface area contributed by atoms with E-state index in [0.717, 1.165) is 0 Å². The highest BCUT2D eigenvalue weighted by atomic mass is 127. The minimum Gasteiger partial charge on any atom is -0.494 e. The SMILES string of the molecule is COc1cc(B(O)O)c(I)cc1F. The summed E-state index contributed by atoms with van der Waals surface area (Å²) >= 11 is 1.82. The maximum absolute atomic E-state index is 13.0. The molecule has 0 heterocycles.